The Morgan fingerprint density at radius 1 is 1.20 bits per heavy atom. The van der Waals surface area contributed by atoms with Crippen molar-refractivity contribution in [1.82, 2.24) is 20.2 Å². The van der Waals surface area contributed by atoms with E-state index in [1.54, 1.807) is 19.2 Å². The van der Waals surface area contributed by atoms with Crippen LogP contribution >= 0.6 is 0 Å². The van der Waals surface area contributed by atoms with Crippen LogP contribution in [0, 0.1) is 22.7 Å². The predicted molar refractivity (Wildman–Crippen MR) is 141 cm³/mol. The second-order valence-corrected chi connectivity index (χ2v) is 12.6. The maximum Gasteiger partial charge on any atom is 0.471 e. The summed E-state index contributed by atoms with van der Waals surface area (Å²) in [6.07, 6.45) is -2.42. The molecule has 3 amide bonds. The molecule has 1 saturated heterocycles. The number of nitrogens with zero attached hydrogens (tertiary/aromatic N) is 2. The fourth-order valence-electron chi connectivity index (χ4n) is 6.66. The van der Waals surface area contributed by atoms with E-state index < -0.39 is 75.0 Å². The fraction of sp³-hybridized carbons (Fsp3) is 0.556. The smallest absolute Gasteiger partial charge is 0.368 e. The molecule has 2 aliphatic rings. The van der Waals surface area contributed by atoms with Crippen LogP contribution in [0.5, 0.6) is 0 Å². The number of carbonyl (C=O) groups excluding carboxylic acids is 4. The molecule has 14 heteroatoms. The van der Waals surface area contributed by atoms with Gasteiger partial charge in [-0.1, -0.05) is 41.5 Å². The van der Waals surface area contributed by atoms with Crippen molar-refractivity contribution in [2.45, 2.75) is 64.8 Å². The van der Waals surface area contributed by atoms with E-state index in [2.05, 4.69) is 9.97 Å². The van der Waals surface area contributed by atoms with Gasteiger partial charge < -0.3 is 26.7 Å². The number of fused-ring (bicyclic) bond motifs is 2. The van der Waals surface area contributed by atoms with Crippen LogP contribution in [-0.2, 0) is 14.4 Å². The summed E-state index contributed by atoms with van der Waals surface area (Å²) < 4.78 is 39.6. The maximum atomic E-state index is 14.1. The Kier molecular flexibility index (Phi) is 6.69. The average molecular weight is 579 g/mol. The van der Waals surface area contributed by atoms with Gasteiger partial charge >= 0.3 is 12.1 Å². The number of nitrogens with one attached hydrogen (secondary N) is 2. The number of Topliss-reactive ketones (excluding diaryl/α,β-unsaturated/α-hetero) is 1. The summed E-state index contributed by atoms with van der Waals surface area (Å²) in [5, 5.41) is 2.17. The van der Waals surface area contributed by atoms with Crippen LogP contribution in [0.3, 0.4) is 0 Å². The number of piperidine rings is 1. The highest BCUT2D eigenvalue weighted by Crippen LogP contribution is 2.72. The molecule has 0 spiro atoms. The summed E-state index contributed by atoms with van der Waals surface area (Å²) in [7, 11) is 0. The van der Waals surface area contributed by atoms with Gasteiger partial charge in [-0.2, -0.15) is 13.2 Å². The van der Waals surface area contributed by atoms with E-state index in [0.717, 1.165) is 4.90 Å². The van der Waals surface area contributed by atoms with Crippen molar-refractivity contribution in [3.8, 4) is 0 Å². The SMILES string of the molecule is CC(C(=O)c1cc2cnccc2[nH]c1=O)C1(C(N)=O)N(C(=O)[C@@H](NC(=O)C(F)(F)F)C(C)(C)C)CC2C(C)(C)[C@@]21N. The molecular formula is C27H33F3N6O5. The molecule has 222 valence electrons. The number of amides is 3. The Morgan fingerprint density at radius 3 is 2.34 bits per heavy atom. The number of ketones is 1. The number of nitrogens with two attached hydrogens (primary N) is 2. The molecule has 1 saturated carbocycles. The molecule has 0 aromatic carbocycles. The first-order valence-corrected chi connectivity index (χ1v) is 12.9. The molecular weight excluding hydrogens is 545 g/mol. The number of aromatic amines is 1. The number of primary amides is 1. The van der Waals surface area contributed by atoms with Gasteiger partial charge in [-0.3, -0.25) is 29.0 Å². The number of carbonyl (C=O) groups is 4. The summed E-state index contributed by atoms with van der Waals surface area (Å²) in [6, 6.07) is 1.07. The number of hydrogen-bond donors (Lipinski definition) is 4. The van der Waals surface area contributed by atoms with Gasteiger partial charge in [0.1, 0.15) is 11.6 Å². The van der Waals surface area contributed by atoms with Gasteiger partial charge in [0.2, 0.25) is 11.8 Å². The lowest BCUT2D eigenvalue weighted by molar-refractivity contribution is -0.176. The van der Waals surface area contributed by atoms with Crippen molar-refractivity contribution < 1.29 is 32.3 Å². The Balaban J connectivity index is 1.88. The zero-order chi connectivity index (χ0) is 31.1. The standard InChI is InChI=1S/C27H33F3N6O5/c1-12(17(37)14-9-13-10-33-8-7-15(13)34-19(14)38)25(21(31)40)26(32)16(24(26,5)6)11-36(25)20(39)18(23(2,3)4)35-22(41)27(28,29)30/h7-10,12,16,18H,11,32H2,1-6H3,(H2,31,40)(H,34,38)(H,35,41)/t12?,16?,18-,25?,26+/m1/s1. The summed E-state index contributed by atoms with van der Waals surface area (Å²) in [6.45, 7) is 8.88. The minimum absolute atomic E-state index is 0.213. The van der Waals surface area contributed by atoms with E-state index in [4.69, 9.17) is 11.5 Å². The van der Waals surface area contributed by atoms with Gasteiger partial charge in [-0.05, 0) is 23.0 Å². The lowest BCUT2D eigenvalue weighted by atomic mass is 9.69. The lowest BCUT2D eigenvalue weighted by Crippen LogP contribution is -2.75. The molecule has 11 nitrogen and oxygen atoms in total. The van der Waals surface area contributed by atoms with Gasteiger partial charge in [0.05, 0.1) is 22.5 Å². The Bertz CT molecular complexity index is 1530. The second kappa shape index (κ2) is 9.10. The molecule has 1 aliphatic heterocycles. The quantitative estimate of drug-likeness (QED) is 0.372. The number of pyridine rings is 2. The normalized spacial score (nSPS) is 26.7. The molecule has 41 heavy (non-hydrogen) atoms. The van der Waals surface area contributed by atoms with Crippen molar-refractivity contribution in [2.24, 2.45) is 34.1 Å². The number of likely N-dealkylation sites (tertiary alicyclic amines) is 1. The van der Waals surface area contributed by atoms with E-state index in [0.29, 0.717) is 10.9 Å². The van der Waals surface area contributed by atoms with Gasteiger partial charge in [-0.25, -0.2) is 0 Å². The van der Waals surface area contributed by atoms with E-state index in [-0.39, 0.29) is 12.1 Å². The second-order valence-electron chi connectivity index (χ2n) is 12.6. The molecule has 6 N–H and O–H groups in total. The van der Waals surface area contributed by atoms with Crippen LogP contribution in [0.4, 0.5) is 13.2 Å². The predicted octanol–water partition coefficient (Wildman–Crippen LogP) is 1.25. The molecule has 2 aromatic heterocycles. The third-order valence-electron chi connectivity index (χ3n) is 9.04. The molecule has 4 rings (SSSR count). The molecule has 2 fully saturated rings. The van der Waals surface area contributed by atoms with Gasteiger partial charge in [0.15, 0.2) is 5.78 Å². The Hall–Kier alpha value is -3.81. The average Bonchev–Trinajstić information content (AvgIpc) is 3.13. The van der Waals surface area contributed by atoms with Crippen molar-refractivity contribution >= 4 is 34.4 Å². The van der Waals surface area contributed by atoms with Crippen LogP contribution < -0.4 is 22.3 Å². The zero-order valence-corrected chi connectivity index (χ0v) is 23.5. The monoisotopic (exact) mass is 578 g/mol. The lowest BCUT2D eigenvalue weighted by Gasteiger charge is -2.49. The number of H-pyrrole nitrogens is 1. The third-order valence-corrected chi connectivity index (χ3v) is 9.04. The van der Waals surface area contributed by atoms with Crippen molar-refractivity contribution in [3.63, 3.8) is 0 Å². The highest BCUT2D eigenvalue weighted by molar-refractivity contribution is 6.07. The zero-order valence-electron chi connectivity index (χ0n) is 23.5. The molecule has 3 unspecified atom stereocenters. The van der Waals surface area contributed by atoms with Crippen LogP contribution in [0.25, 0.3) is 10.9 Å². The molecule has 0 bridgehead atoms. The number of halogens is 3. The van der Waals surface area contributed by atoms with Crippen LogP contribution in [0.1, 0.15) is 51.9 Å². The fourth-order valence-corrected chi connectivity index (χ4v) is 6.66. The summed E-state index contributed by atoms with van der Waals surface area (Å²) >= 11 is 0. The summed E-state index contributed by atoms with van der Waals surface area (Å²) in [4.78, 5) is 74.0. The minimum Gasteiger partial charge on any atom is -0.368 e. The minimum atomic E-state index is -5.29. The molecule has 5 atom stereocenters. The molecule has 3 heterocycles. The first-order valence-electron chi connectivity index (χ1n) is 12.9. The van der Waals surface area contributed by atoms with Crippen LogP contribution in [0.2, 0.25) is 0 Å². The maximum absolute atomic E-state index is 14.1. The number of alkyl halides is 3. The highest BCUT2D eigenvalue weighted by atomic mass is 19.4. The van der Waals surface area contributed by atoms with E-state index in [1.165, 1.54) is 52.2 Å². The Morgan fingerprint density at radius 2 is 1.80 bits per heavy atom. The van der Waals surface area contributed by atoms with Gasteiger partial charge in [0.25, 0.3) is 5.56 Å². The number of aromatic nitrogens is 2. The summed E-state index contributed by atoms with van der Waals surface area (Å²) in [5.74, 6) is -7.49. The first kappa shape index (κ1) is 30.2. The van der Waals surface area contributed by atoms with E-state index in [9.17, 15) is 37.1 Å². The molecule has 2 aromatic rings. The topological polar surface area (TPSA) is 181 Å². The molecule has 0 radical (unpaired) electrons. The van der Waals surface area contributed by atoms with E-state index >= 15 is 0 Å². The number of rotatable bonds is 6. The van der Waals surface area contributed by atoms with Gasteiger partial charge in [-0.15, -0.1) is 0 Å². The summed E-state index contributed by atoms with van der Waals surface area (Å²) in [5.41, 5.74) is 6.23. The first-order chi connectivity index (χ1) is 18.6. The third kappa shape index (κ3) is 4.13. The molecule has 1 aliphatic carbocycles. The van der Waals surface area contributed by atoms with Gasteiger partial charge in [0, 0.05) is 30.2 Å². The number of hydrogen-bond acceptors (Lipinski definition) is 7. The van der Waals surface area contributed by atoms with Crippen molar-refractivity contribution in [3.05, 3.63) is 40.4 Å². The van der Waals surface area contributed by atoms with Crippen LogP contribution in [-0.4, -0.2) is 68.2 Å². The van der Waals surface area contributed by atoms with Crippen LogP contribution in [0.15, 0.2) is 29.3 Å². The van der Waals surface area contributed by atoms with Crippen molar-refractivity contribution in [2.75, 3.05) is 6.54 Å². The largest absolute Gasteiger partial charge is 0.471 e. The van der Waals surface area contributed by atoms with E-state index in [1.807, 2.05) is 0 Å². The van der Waals surface area contributed by atoms with Crippen molar-refractivity contribution in [1.29, 1.82) is 0 Å². The Labute approximate surface area is 233 Å². The highest BCUT2D eigenvalue weighted by Gasteiger charge is 2.87.